The van der Waals surface area contributed by atoms with E-state index in [-0.39, 0.29) is 4.79 Å². The molecule has 0 aliphatic carbocycles. The summed E-state index contributed by atoms with van der Waals surface area (Å²) in [5.41, 5.74) is 0. The van der Waals surface area contributed by atoms with Gasteiger partial charge >= 0.3 is 5.95 Å². The molecule has 0 N–H and O–H groups in total. The first-order chi connectivity index (χ1) is 3.80. The maximum Gasteiger partial charge on any atom is 0.404 e. The Morgan fingerprint density at radius 3 is 2.50 bits per heavy atom. The second kappa shape index (κ2) is 1.86. The van der Waals surface area contributed by atoms with E-state index in [4.69, 9.17) is 0 Å². The molecule has 0 radical (unpaired) electrons. The molecular weight excluding hydrogens is 112 g/mol. The highest BCUT2D eigenvalue weighted by atomic mass is 19.2. The number of aromatic nitrogens is 1. The second-order valence-corrected chi connectivity index (χ2v) is 1.33. The molecule has 0 fully saturated rings. The first kappa shape index (κ1) is 5.15. The van der Waals surface area contributed by atoms with Crippen LogP contribution in [-0.4, -0.2) is 0 Å². The molecule has 0 aliphatic heterocycles. The molecule has 0 saturated carbocycles. The summed E-state index contributed by atoms with van der Waals surface area (Å²) in [4.78, 5) is -0.0833. The van der Waals surface area contributed by atoms with Crippen molar-refractivity contribution >= 4 is 0 Å². The lowest BCUT2D eigenvalue weighted by Gasteiger charge is -1.75. The highest BCUT2D eigenvalue weighted by Crippen LogP contribution is 1.85. The lowest BCUT2D eigenvalue weighted by molar-refractivity contribution is -0.865. The van der Waals surface area contributed by atoms with Crippen LogP contribution in [0.4, 0.5) is 8.87 Å². The van der Waals surface area contributed by atoms with Crippen LogP contribution in [-0.2, 0) is 0 Å². The second-order valence-electron chi connectivity index (χ2n) is 1.33. The Morgan fingerprint density at radius 2 is 2.12 bits per heavy atom. The minimum Gasteiger partial charge on any atom is -0.132 e. The number of nitrogens with zero attached hydrogens (tertiary/aromatic N) is 1. The van der Waals surface area contributed by atoms with Gasteiger partial charge in [-0.25, -0.2) is 0 Å². The summed E-state index contributed by atoms with van der Waals surface area (Å²) in [5.74, 6) is -0.882. The normalized spacial score (nSPS) is 9.25. The van der Waals surface area contributed by atoms with Gasteiger partial charge in [-0.2, -0.15) is 0 Å². The van der Waals surface area contributed by atoms with Crippen LogP contribution in [0.5, 0.6) is 0 Å². The van der Waals surface area contributed by atoms with Crippen LogP contribution >= 0.6 is 0 Å². The molecule has 1 aromatic heterocycles. The summed E-state index contributed by atoms with van der Waals surface area (Å²) in [6.45, 7) is 0. The van der Waals surface area contributed by atoms with E-state index in [1.54, 1.807) is 0 Å². The Morgan fingerprint density at radius 1 is 1.38 bits per heavy atom. The van der Waals surface area contributed by atoms with Crippen molar-refractivity contribution in [2.45, 2.75) is 0 Å². The number of hydrogen-bond donors (Lipinski definition) is 0. The fourth-order valence-corrected chi connectivity index (χ4v) is 0.403. The van der Waals surface area contributed by atoms with Crippen molar-refractivity contribution in [2.24, 2.45) is 0 Å². The molecule has 8 heavy (non-hydrogen) atoms. The van der Waals surface area contributed by atoms with Gasteiger partial charge in [0, 0.05) is 12.1 Å². The molecule has 1 heterocycles. The molecule has 0 aliphatic rings. The monoisotopic (exact) mass is 116 g/mol. The van der Waals surface area contributed by atoms with Crippen molar-refractivity contribution in [3.63, 3.8) is 0 Å². The minimum absolute atomic E-state index is 0.0833. The van der Waals surface area contributed by atoms with Crippen LogP contribution in [0, 0.1) is 5.95 Å². The summed E-state index contributed by atoms with van der Waals surface area (Å²) in [6.07, 6.45) is 0.995. The molecule has 0 aromatic carbocycles. The zero-order valence-corrected chi connectivity index (χ0v) is 4.01. The largest absolute Gasteiger partial charge is 0.404 e. The summed E-state index contributed by atoms with van der Waals surface area (Å²) in [7, 11) is 0. The third-order valence-corrected chi connectivity index (χ3v) is 0.766. The number of halogens is 2. The zero-order valence-electron chi connectivity index (χ0n) is 4.01. The molecule has 1 rings (SSSR count). The van der Waals surface area contributed by atoms with Gasteiger partial charge in [-0.1, -0.05) is 0 Å². The zero-order chi connectivity index (χ0) is 5.98. The van der Waals surface area contributed by atoms with Gasteiger partial charge in [0.2, 0.25) is 6.20 Å². The van der Waals surface area contributed by atoms with Crippen molar-refractivity contribution in [1.82, 2.24) is 0 Å². The van der Waals surface area contributed by atoms with E-state index < -0.39 is 5.95 Å². The van der Waals surface area contributed by atoms with E-state index in [1.807, 2.05) is 0 Å². The third-order valence-electron chi connectivity index (χ3n) is 0.766. The lowest BCUT2D eigenvalue weighted by atomic mass is 10.5. The maximum absolute atomic E-state index is 11.9. The van der Waals surface area contributed by atoms with Crippen molar-refractivity contribution in [2.75, 3.05) is 0 Å². The van der Waals surface area contributed by atoms with Crippen LogP contribution in [0.25, 0.3) is 0 Å². The number of rotatable bonds is 0. The molecule has 42 valence electrons. The van der Waals surface area contributed by atoms with Gasteiger partial charge in [-0.05, 0) is 6.07 Å². The predicted molar refractivity (Wildman–Crippen MR) is 23.1 cm³/mol. The molecule has 1 aromatic rings. The molecule has 1 nitrogen and oxygen atoms in total. The Balaban J connectivity index is 3.13. The van der Waals surface area contributed by atoms with Gasteiger partial charge in [0.15, 0.2) is 0 Å². The average molecular weight is 116 g/mol. The van der Waals surface area contributed by atoms with Crippen LogP contribution in [0.1, 0.15) is 0 Å². The van der Waals surface area contributed by atoms with Gasteiger partial charge in [-0.3, -0.25) is 0 Å². The van der Waals surface area contributed by atoms with Crippen LogP contribution in [0.3, 0.4) is 0 Å². The molecule has 0 amide bonds. The van der Waals surface area contributed by atoms with Crippen molar-refractivity contribution in [3.05, 3.63) is 30.3 Å². The molecule has 0 spiro atoms. The topological polar surface area (TPSA) is 3.88 Å². The van der Waals surface area contributed by atoms with E-state index >= 15 is 0 Å². The molecule has 0 saturated heterocycles. The first-order valence-corrected chi connectivity index (χ1v) is 2.13. The fourth-order valence-electron chi connectivity index (χ4n) is 0.403. The van der Waals surface area contributed by atoms with Gasteiger partial charge in [0.25, 0.3) is 0 Å². The quantitative estimate of drug-likeness (QED) is 0.442. The third kappa shape index (κ3) is 0.804. The molecule has 0 bridgehead atoms. The SMILES string of the molecule is Fc1cccc[n+]1F. The Kier molecular flexibility index (Phi) is 1.20. The van der Waals surface area contributed by atoms with E-state index in [0.717, 1.165) is 12.3 Å². The summed E-state index contributed by atoms with van der Waals surface area (Å²) < 4.78 is 23.8. The predicted octanol–water partition coefficient (Wildman–Crippen LogP) is 0.846. The average Bonchev–Trinajstić information content (AvgIpc) is 1.77. The summed E-state index contributed by atoms with van der Waals surface area (Å²) in [5, 5.41) is 0. The first-order valence-electron chi connectivity index (χ1n) is 2.13. The van der Waals surface area contributed by atoms with Gasteiger partial charge in [0.05, 0.1) is 9.27 Å². The lowest BCUT2D eigenvalue weighted by Crippen LogP contribution is -2.25. The van der Waals surface area contributed by atoms with Crippen LogP contribution < -0.4 is 4.79 Å². The standard InChI is InChI=1S/C5H4F2N/c6-5-3-1-2-4-8(5)7/h1-4H/q+1. The summed E-state index contributed by atoms with van der Waals surface area (Å²) >= 11 is 0. The van der Waals surface area contributed by atoms with Gasteiger partial charge in [0.1, 0.15) is 0 Å². The van der Waals surface area contributed by atoms with Gasteiger partial charge in [-0.15, -0.1) is 4.39 Å². The highest BCUT2D eigenvalue weighted by Gasteiger charge is 2.04. The fraction of sp³-hybridized carbons (Fsp3) is 0. The van der Waals surface area contributed by atoms with Crippen LogP contribution in [0.2, 0.25) is 0 Å². The van der Waals surface area contributed by atoms with E-state index in [0.29, 0.717) is 0 Å². The summed E-state index contributed by atoms with van der Waals surface area (Å²) in [6, 6.07) is 3.87. The van der Waals surface area contributed by atoms with Gasteiger partial charge < -0.3 is 0 Å². The van der Waals surface area contributed by atoms with E-state index in [9.17, 15) is 8.87 Å². The number of hydrogen-bond acceptors (Lipinski definition) is 0. The smallest absolute Gasteiger partial charge is 0.132 e. The van der Waals surface area contributed by atoms with Crippen molar-refractivity contribution in [1.29, 1.82) is 0 Å². The number of pyridine rings is 1. The Bertz CT molecular complexity index is 167. The van der Waals surface area contributed by atoms with Crippen LogP contribution in [0.15, 0.2) is 24.4 Å². The highest BCUT2D eigenvalue weighted by molar-refractivity contribution is 4.85. The Hall–Kier alpha value is -0.990. The Labute approximate surface area is 45.1 Å². The van der Waals surface area contributed by atoms with E-state index in [2.05, 4.69) is 0 Å². The molecular formula is C5H4F2N+. The molecule has 0 atom stereocenters. The minimum atomic E-state index is -0.882. The van der Waals surface area contributed by atoms with E-state index in [1.165, 1.54) is 12.1 Å². The molecule has 3 heteroatoms. The van der Waals surface area contributed by atoms with Crippen molar-refractivity contribution < 1.29 is 13.7 Å². The molecule has 0 unspecified atom stereocenters. The maximum atomic E-state index is 11.9. The van der Waals surface area contributed by atoms with Crippen molar-refractivity contribution in [3.8, 4) is 0 Å².